The van der Waals surface area contributed by atoms with E-state index in [0.29, 0.717) is 12.8 Å². The van der Waals surface area contributed by atoms with E-state index in [2.05, 4.69) is 17.2 Å². The van der Waals surface area contributed by atoms with E-state index in [-0.39, 0.29) is 47.7 Å². The number of aliphatic imine (C=N–C) groups is 1. The molecule has 1 saturated carbocycles. The van der Waals surface area contributed by atoms with Gasteiger partial charge in [0.1, 0.15) is 5.75 Å². The first-order valence-electron chi connectivity index (χ1n) is 13.4. The van der Waals surface area contributed by atoms with Gasteiger partial charge in [0.25, 0.3) is 0 Å². The second kappa shape index (κ2) is 9.80. The van der Waals surface area contributed by atoms with Crippen LogP contribution in [0, 0.1) is 17.8 Å². The number of ether oxygens (including phenoxy) is 1. The fourth-order valence-electron chi connectivity index (χ4n) is 6.28. The molecular weight excluding hydrogens is 466 g/mol. The summed E-state index contributed by atoms with van der Waals surface area (Å²) in [6.45, 7) is 8.18. The topological polar surface area (TPSA) is 110 Å². The zero-order chi connectivity index (χ0) is 26.3. The first-order chi connectivity index (χ1) is 17.8. The summed E-state index contributed by atoms with van der Waals surface area (Å²) in [6.07, 6.45) is 6.00. The summed E-state index contributed by atoms with van der Waals surface area (Å²) >= 11 is 0. The number of nitrogens with two attached hydrogens (primary N) is 1. The van der Waals surface area contributed by atoms with Crippen molar-refractivity contribution in [3.8, 4) is 5.75 Å². The van der Waals surface area contributed by atoms with Crippen molar-refractivity contribution in [2.24, 2.45) is 28.5 Å². The Hall–Kier alpha value is -3.42. The zero-order valence-corrected chi connectivity index (χ0v) is 22.1. The number of guanidine groups is 1. The van der Waals surface area contributed by atoms with Crippen LogP contribution in [0.2, 0.25) is 0 Å². The van der Waals surface area contributed by atoms with E-state index < -0.39 is 11.6 Å². The van der Waals surface area contributed by atoms with E-state index in [9.17, 15) is 9.59 Å². The number of aromatic nitrogens is 1. The molecule has 8 heteroatoms. The van der Waals surface area contributed by atoms with Gasteiger partial charge < -0.3 is 15.8 Å². The van der Waals surface area contributed by atoms with E-state index in [1.165, 1.54) is 0 Å². The van der Waals surface area contributed by atoms with Gasteiger partial charge >= 0.3 is 0 Å². The molecular formula is C29H37N5O3. The molecule has 1 unspecified atom stereocenters. The van der Waals surface area contributed by atoms with Gasteiger partial charge in [-0.2, -0.15) is 0 Å². The summed E-state index contributed by atoms with van der Waals surface area (Å²) in [6, 6.07) is 11.2. The predicted molar refractivity (Wildman–Crippen MR) is 142 cm³/mol. The van der Waals surface area contributed by atoms with Gasteiger partial charge in [-0.1, -0.05) is 45.0 Å². The van der Waals surface area contributed by atoms with Gasteiger partial charge in [0, 0.05) is 30.3 Å². The first kappa shape index (κ1) is 25.2. The van der Waals surface area contributed by atoms with Crippen molar-refractivity contribution in [3.63, 3.8) is 0 Å². The first-order valence-corrected chi connectivity index (χ1v) is 13.4. The highest BCUT2D eigenvalue weighted by molar-refractivity contribution is 6.00. The predicted octanol–water partition coefficient (Wildman–Crippen LogP) is 4.14. The van der Waals surface area contributed by atoms with Crippen molar-refractivity contribution in [2.45, 2.75) is 77.1 Å². The Labute approximate surface area is 218 Å². The van der Waals surface area contributed by atoms with Gasteiger partial charge in [-0.05, 0) is 49.3 Å². The molecule has 1 aliphatic carbocycles. The second-order valence-electron chi connectivity index (χ2n) is 10.8. The maximum absolute atomic E-state index is 13.7. The number of nitrogens with one attached hydrogen (secondary N) is 1. The maximum atomic E-state index is 13.7. The summed E-state index contributed by atoms with van der Waals surface area (Å²) in [4.78, 5) is 38.0. The molecule has 37 heavy (non-hydrogen) atoms. The summed E-state index contributed by atoms with van der Waals surface area (Å²) in [5.74, 6) is 0.734. The number of para-hydroxylation sites is 1. The van der Waals surface area contributed by atoms with Crippen LogP contribution in [0.4, 0.5) is 0 Å². The molecule has 196 valence electrons. The van der Waals surface area contributed by atoms with Gasteiger partial charge in [0.05, 0.1) is 30.1 Å². The molecule has 0 radical (unpaired) electrons. The Balaban J connectivity index is 1.43. The number of pyridine rings is 1. The van der Waals surface area contributed by atoms with Crippen molar-refractivity contribution in [1.29, 1.82) is 0 Å². The number of benzene rings is 1. The monoisotopic (exact) mass is 503 g/mol. The van der Waals surface area contributed by atoms with Gasteiger partial charge in [-0.15, -0.1) is 0 Å². The number of amides is 2. The molecule has 0 spiro atoms. The van der Waals surface area contributed by atoms with Crippen LogP contribution in [0.3, 0.4) is 0 Å². The maximum Gasteiger partial charge on any atom is 0.232 e. The molecule has 3 heterocycles. The van der Waals surface area contributed by atoms with E-state index in [1.54, 1.807) is 17.3 Å². The average Bonchev–Trinajstić information content (AvgIpc) is 3.56. The summed E-state index contributed by atoms with van der Waals surface area (Å²) < 4.78 is 5.97. The number of nitrogens with zero attached hydrogens (tertiary/aromatic N) is 3. The Morgan fingerprint density at radius 2 is 1.97 bits per heavy atom. The lowest BCUT2D eigenvalue weighted by molar-refractivity contribution is -0.132. The SMILES string of the molecule is CCC1(CC)CC(=O)N([C@@H](c2cccnc2)[C@@H]2C(C)[C@H]2C(=O)N[C@H]2C[C@H](C)Oc3ccccc32)C(N)=N1. The lowest BCUT2D eigenvalue weighted by Crippen LogP contribution is -2.53. The fraction of sp³-hybridized carbons (Fsp3) is 0.517. The largest absolute Gasteiger partial charge is 0.490 e. The van der Waals surface area contributed by atoms with Crippen LogP contribution in [-0.2, 0) is 9.59 Å². The summed E-state index contributed by atoms with van der Waals surface area (Å²) in [7, 11) is 0. The van der Waals surface area contributed by atoms with Crippen molar-refractivity contribution in [3.05, 3.63) is 59.9 Å². The van der Waals surface area contributed by atoms with Crippen LogP contribution in [0.15, 0.2) is 53.8 Å². The molecule has 0 saturated heterocycles. The van der Waals surface area contributed by atoms with Crippen LogP contribution in [0.1, 0.15) is 76.6 Å². The Bertz CT molecular complexity index is 1200. The molecule has 1 aromatic carbocycles. The lowest BCUT2D eigenvalue weighted by atomic mass is 9.87. The second-order valence-corrected chi connectivity index (χ2v) is 10.8. The van der Waals surface area contributed by atoms with E-state index in [4.69, 9.17) is 15.5 Å². The minimum absolute atomic E-state index is 0.00303. The molecule has 2 aromatic rings. The van der Waals surface area contributed by atoms with Crippen molar-refractivity contribution >= 4 is 17.8 Å². The van der Waals surface area contributed by atoms with Crippen LogP contribution in [0.25, 0.3) is 0 Å². The molecule has 5 rings (SSSR count). The van der Waals surface area contributed by atoms with Crippen LogP contribution < -0.4 is 15.8 Å². The van der Waals surface area contributed by atoms with E-state index >= 15 is 0 Å². The van der Waals surface area contributed by atoms with Gasteiger partial charge in [0.15, 0.2) is 5.96 Å². The van der Waals surface area contributed by atoms with Crippen molar-refractivity contribution in [2.75, 3.05) is 0 Å². The highest BCUT2D eigenvalue weighted by Crippen LogP contribution is 2.56. The Morgan fingerprint density at radius 1 is 1.22 bits per heavy atom. The Morgan fingerprint density at radius 3 is 2.65 bits per heavy atom. The number of fused-ring (bicyclic) bond motifs is 1. The lowest BCUT2D eigenvalue weighted by Gasteiger charge is -2.40. The van der Waals surface area contributed by atoms with Crippen molar-refractivity contribution < 1.29 is 14.3 Å². The van der Waals surface area contributed by atoms with E-state index in [1.807, 2.05) is 57.2 Å². The molecule has 0 bridgehead atoms. The third kappa shape index (κ3) is 4.58. The molecule has 2 amide bonds. The Kier molecular flexibility index (Phi) is 6.68. The molecule has 3 N–H and O–H groups in total. The smallest absolute Gasteiger partial charge is 0.232 e. The van der Waals surface area contributed by atoms with Gasteiger partial charge in [-0.3, -0.25) is 19.5 Å². The number of hydrogen-bond donors (Lipinski definition) is 2. The van der Waals surface area contributed by atoms with Crippen LogP contribution >= 0.6 is 0 Å². The number of rotatable bonds is 7. The van der Waals surface area contributed by atoms with Gasteiger partial charge in [-0.25, -0.2) is 4.99 Å². The number of hydrogen-bond acceptors (Lipinski definition) is 6. The fourth-order valence-corrected chi connectivity index (χ4v) is 6.28. The molecule has 3 aliphatic rings. The summed E-state index contributed by atoms with van der Waals surface area (Å²) in [5.41, 5.74) is 7.91. The highest BCUT2D eigenvalue weighted by Gasteiger charge is 2.59. The van der Waals surface area contributed by atoms with Crippen LogP contribution in [0.5, 0.6) is 5.75 Å². The molecule has 1 fully saturated rings. The highest BCUT2D eigenvalue weighted by atomic mass is 16.5. The minimum atomic E-state index is -0.462. The quantitative estimate of drug-likeness (QED) is 0.590. The minimum Gasteiger partial charge on any atom is -0.490 e. The third-order valence-corrected chi connectivity index (χ3v) is 8.59. The molecule has 1 aromatic heterocycles. The molecule has 8 nitrogen and oxygen atoms in total. The number of carbonyl (C=O) groups is 2. The summed E-state index contributed by atoms with van der Waals surface area (Å²) in [5, 5.41) is 3.29. The molecule has 2 aliphatic heterocycles. The molecule has 6 atom stereocenters. The van der Waals surface area contributed by atoms with Gasteiger partial charge in [0.2, 0.25) is 11.8 Å². The number of carbonyl (C=O) groups excluding carboxylic acids is 2. The van der Waals surface area contributed by atoms with Crippen LogP contribution in [-0.4, -0.2) is 39.3 Å². The average molecular weight is 504 g/mol. The van der Waals surface area contributed by atoms with E-state index in [0.717, 1.165) is 29.7 Å². The normalized spacial score (nSPS) is 29.0. The zero-order valence-electron chi connectivity index (χ0n) is 22.1. The van der Waals surface area contributed by atoms with Crippen molar-refractivity contribution in [1.82, 2.24) is 15.2 Å². The standard InChI is InChI=1S/C29H37N5O3/c1-5-29(6-2)15-23(35)34(28(30)33-29)26(19-10-9-13-31-16-19)24-18(4)25(24)27(36)32-21-14-17(3)37-22-12-8-7-11-20(21)22/h7-13,16-18,21,24-26H,5-6,14-15H2,1-4H3,(H2,30,33)(H,32,36)/t17-,18?,21-,24+,25+,26-/m0/s1. The third-order valence-electron chi connectivity index (χ3n) is 8.59.